The molecule has 1 N–H and O–H groups in total. The summed E-state index contributed by atoms with van der Waals surface area (Å²) >= 11 is 0. The van der Waals surface area contributed by atoms with Gasteiger partial charge in [-0.2, -0.15) is 17.6 Å². The highest BCUT2D eigenvalue weighted by Crippen LogP contribution is 2.43. The Morgan fingerprint density at radius 1 is 1.31 bits per heavy atom. The zero-order valence-electron chi connectivity index (χ0n) is 6.10. The Bertz CT molecular complexity index is 304. The van der Waals surface area contributed by atoms with Crippen molar-refractivity contribution >= 4 is 5.97 Å². The minimum Gasteiger partial charge on any atom is -0.478 e. The molecule has 6 heteroatoms. The van der Waals surface area contributed by atoms with Crippen LogP contribution in [0.25, 0.3) is 0 Å². The van der Waals surface area contributed by atoms with Gasteiger partial charge in [0.1, 0.15) is 5.57 Å². The molecule has 0 aliphatic heterocycles. The SMILES string of the molecule is O=C(O)C1=CC=CC(F)(F)C1(F)F. The van der Waals surface area contributed by atoms with Gasteiger partial charge in [0.25, 0.3) is 0 Å². The third-order valence-corrected chi connectivity index (χ3v) is 1.56. The molecule has 0 spiro atoms. The highest BCUT2D eigenvalue weighted by Gasteiger charge is 2.60. The Hall–Kier alpha value is -1.33. The Labute approximate surface area is 70.2 Å². The average Bonchev–Trinajstić information content (AvgIpc) is 1.94. The van der Waals surface area contributed by atoms with E-state index in [2.05, 4.69) is 0 Å². The molecule has 0 atom stereocenters. The second kappa shape index (κ2) is 2.58. The highest BCUT2D eigenvalue weighted by molar-refractivity contribution is 5.89. The van der Waals surface area contributed by atoms with Gasteiger partial charge in [0.15, 0.2) is 0 Å². The van der Waals surface area contributed by atoms with Gasteiger partial charge in [-0.3, -0.25) is 0 Å². The molecule has 72 valence electrons. The summed E-state index contributed by atoms with van der Waals surface area (Å²) in [6.45, 7) is 0. The van der Waals surface area contributed by atoms with Gasteiger partial charge >= 0.3 is 17.8 Å². The lowest BCUT2D eigenvalue weighted by molar-refractivity contribution is -0.167. The summed E-state index contributed by atoms with van der Waals surface area (Å²) in [6, 6.07) is 0. The van der Waals surface area contributed by atoms with Crippen molar-refractivity contribution in [3.63, 3.8) is 0 Å². The molecule has 1 aliphatic rings. The van der Waals surface area contributed by atoms with Gasteiger partial charge in [-0.25, -0.2) is 4.79 Å². The molecular weight excluding hydrogens is 192 g/mol. The topological polar surface area (TPSA) is 37.3 Å². The smallest absolute Gasteiger partial charge is 0.346 e. The third kappa shape index (κ3) is 1.32. The summed E-state index contributed by atoms with van der Waals surface area (Å²) < 4.78 is 50.2. The van der Waals surface area contributed by atoms with E-state index in [0.29, 0.717) is 12.2 Å². The van der Waals surface area contributed by atoms with E-state index >= 15 is 0 Å². The summed E-state index contributed by atoms with van der Waals surface area (Å²) in [7, 11) is 0. The molecule has 0 amide bonds. The standard InChI is InChI=1S/C7H4F4O2/c8-6(9)3-1-2-4(5(12)13)7(6,10)11/h1-3H,(H,12,13). The Kier molecular flexibility index (Phi) is 1.94. The number of hydrogen-bond acceptors (Lipinski definition) is 1. The Morgan fingerprint density at radius 2 is 1.85 bits per heavy atom. The number of allylic oxidation sites excluding steroid dienone is 3. The van der Waals surface area contributed by atoms with Gasteiger partial charge < -0.3 is 5.11 Å². The molecule has 0 saturated heterocycles. The molecule has 0 radical (unpaired) electrons. The molecule has 0 aromatic carbocycles. The second-order valence-corrected chi connectivity index (χ2v) is 2.44. The van der Waals surface area contributed by atoms with Gasteiger partial charge in [-0.15, -0.1) is 0 Å². The fourth-order valence-corrected chi connectivity index (χ4v) is 0.860. The van der Waals surface area contributed by atoms with Crippen LogP contribution in [0.5, 0.6) is 0 Å². The molecule has 13 heavy (non-hydrogen) atoms. The highest BCUT2D eigenvalue weighted by atomic mass is 19.3. The molecule has 0 heterocycles. The molecular formula is C7H4F4O2. The number of aliphatic carboxylic acids is 1. The molecule has 1 aliphatic carbocycles. The van der Waals surface area contributed by atoms with E-state index in [0.717, 1.165) is 0 Å². The first-order valence-electron chi connectivity index (χ1n) is 3.18. The van der Waals surface area contributed by atoms with E-state index in [1.54, 1.807) is 0 Å². The molecule has 1 rings (SSSR count). The fraction of sp³-hybridized carbons (Fsp3) is 0.286. The number of carboxylic acid groups (broad SMARTS) is 1. The quantitative estimate of drug-likeness (QED) is 0.649. The predicted octanol–water partition coefficient (Wildman–Crippen LogP) is 1.84. The number of halogens is 4. The van der Waals surface area contributed by atoms with Crippen LogP contribution in [0.4, 0.5) is 17.6 Å². The molecule has 0 bridgehead atoms. The zero-order valence-corrected chi connectivity index (χ0v) is 6.10. The summed E-state index contributed by atoms with van der Waals surface area (Å²) in [4.78, 5) is 10.1. The number of carbonyl (C=O) groups is 1. The van der Waals surface area contributed by atoms with Gasteiger partial charge in [0, 0.05) is 0 Å². The monoisotopic (exact) mass is 196 g/mol. The maximum absolute atomic E-state index is 12.6. The van der Waals surface area contributed by atoms with Gasteiger partial charge in [0.05, 0.1) is 0 Å². The van der Waals surface area contributed by atoms with Crippen molar-refractivity contribution < 1.29 is 27.5 Å². The van der Waals surface area contributed by atoms with Crippen LogP contribution in [0, 0.1) is 0 Å². The normalized spacial score (nSPS) is 23.8. The van der Waals surface area contributed by atoms with Crippen LogP contribution >= 0.6 is 0 Å². The van der Waals surface area contributed by atoms with Crippen LogP contribution in [0.15, 0.2) is 23.8 Å². The van der Waals surface area contributed by atoms with E-state index in [-0.39, 0.29) is 6.08 Å². The summed E-state index contributed by atoms with van der Waals surface area (Å²) in [6.07, 6.45) is 1.03. The molecule has 0 saturated carbocycles. The Balaban J connectivity index is 3.19. The Morgan fingerprint density at radius 3 is 2.23 bits per heavy atom. The molecule has 0 aromatic rings. The van der Waals surface area contributed by atoms with Crippen LogP contribution in [0.1, 0.15) is 0 Å². The van der Waals surface area contributed by atoms with Crippen molar-refractivity contribution in [2.24, 2.45) is 0 Å². The largest absolute Gasteiger partial charge is 0.478 e. The van der Waals surface area contributed by atoms with Crippen LogP contribution < -0.4 is 0 Å². The fourth-order valence-electron chi connectivity index (χ4n) is 0.860. The third-order valence-electron chi connectivity index (χ3n) is 1.56. The number of carboxylic acids is 1. The van der Waals surface area contributed by atoms with Crippen molar-refractivity contribution in [2.75, 3.05) is 0 Å². The van der Waals surface area contributed by atoms with E-state index in [4.69, 9.17) is 5.11 Å². The van der Waals surface area contributed by atoms with Crippen LogP contribution in [0.3, 0.4) is 0 Å². The van der Waals surface area contributed by atoms with E-state index < -0.39 is 23.4 Å². The lowest BCUT2D eigenvalue weighted by Crippen LogP contribution is -2.44. The first kappa shape index (κ1) is 9.76. The maximum atomic E-state index is 12.6. The average molecular weight is 196 g/mol. The second-order valence-electron chi connectivity index (χ2n) is 2.44. The molecule has 0 unspecified atom stereocenters. The van der Waals surface area contributed by atoms with E-state index in [1.807, 2.05) is 0 Å². The van der Waals surface area contributed by atoms with Gasteiger partial charge in [0.2, 0.25) is 0 Å². The van der Waals surface area contributed by atoms with Crippen molar-refractivity contribution in [1.82, 2.24) is 0 Å². The van der Waals surface area contributed by atoms with Crippen molar-refractivity contribution in [3.05, 3.63) is 23.8 Å². The van der Waals surface area contributed by atoms with Gasteiger partial charge in [-0.1, -0.05) is 6.08 Å². The number of hydrogen-bond donors (Lipinski definition) is 1. The van der Waals surface area contributed by atoms with Crippen molar-refractivity contribution in [1.29, 1.82) is 0 Å². The molecule has 0 fully saturated rings. The van der Waals surface area contributed by atoms with Crippen LogP contribution in [-0.2, 0) is 4.79 Å². The van der Waals surface area contributed by atoms with Crippen molar-refractivity contribution in [3.8, 4) is 0 Å². The summed E-state index contributed by atoms with van der Waals surface area (Å²) in [5.74, 6) is -11.1. The number of rotatable bonds is 1. The lowest BCUT2D eigenvalue weighted by Gasteiger charge is -2.26. The minimum absolute atomic E-state index is 0.0283. The van der Waals surface area contributed by atoms with Crippen LogP contribution in [0.2, 0.25) is 0 Å². The van der Waals surface area contributed by atoms with Crippen LogP contribution in [-0.4, -0.2) is 22.9 Å². The molecule has 2 nitrogen and oxygen atoms in total. The predicted molar refractivity (Wildman–Crippen MR) is 34.8 cm³/mol. The maximum Gasteiger partial charge on any atom is 0.346 e. The van der Waals surface area contributed by atoms with Gasteiger partial charge in [-0.05, 0) is 12.2 Å². The first-order chi connectivity index (χ1) is 5.79. The lowest BCUT2D eigenvalue weighted by atomic mass is 9.97. The summed E-state index contributed by atoms with van der Waals surface area (Å²) in [5, 5.41) is 8.19. The van der Waals surface area contributed by atoms with E-state index in [1.165, 1.54) is 0 Å². The summed E-state index contributed by atoms with van der Waals surface area (Å²) in [5.41, 5.74) is -1.60. The van der Waals surface area contributed by atoms with Crippen molar-refractivity contribution in [2.45, 2.75) is 11.8 Å². The number of alkyl halides is 4. The van der Waals surface area contributed by atoms with E-state index in [9.17, 15) is 22.4 Å². The first-order valence-corrected chi connectivity index (χ1v) is 3.18. The minimum atomic E-state index is -4.65. The molecule has 0 aromatic heterocycles. The zero-order chi connectivity index (χ0) is 10.3.